The summed E-state index contributed by atoms with van der Waals surface area (Å²) in [6.45, 7) is 0.596. The molecule has 1 heterocycles. The lowest BCUT2D eigenvalue weighted by molar-refractivity contribution is -0.137. The first-order valence-electron chi connectivity index (χ1n) is 11.0. The third-order valence-corrected chi connectivity index (χ3v) is 6.51. The maximum absolute atomic E-state index is 12.8. The molecule has 6 nitrogen and oxygen atoms in total. The van der Waals surface area contributed by atoms with Gasteiger partial charge in [-0.3, -0.25) is 0 Å². The van der Waals surface area contributed by atoms with Crippen LogP contribution in [0.5, 0.6) is 0 Å². The van der Waals surface area contributed by atoms with Crippen LogP contribution in [0.4, 0.5) is 13.2 Å². The zero-order chi connectivity index (χ0) is 24.8. The second-order valence-electron chi connectivity index (χ2n) is 8.76. The first kappa shape index (κ1) is 22.8. The number of alkyl halides is 3. The van der Waals surface area contributed by atoms with Crippen molar-refractivity contribution in [1.82, 2.24) is 15.0 Å². The maximum Gasteiger partial charge on any atom is 0.416 e. The SMILES string of the molecule is NCC1(c2ccc(-c3cc(C(=O)O)cc(-n4cc(-c5ccc(C(F)(F)F)cc5)nn4)c3)cc2)CC1. The number of carboxylic acid groups (broad SMARTS) is 1. The van der Waals surface area contributed by atoms with Gasteiger partial charge in [0.05, 0.1) is 23.0 Å². The van der Waals surface area contributed by atoms with E-state index in [4.69, 9.17) is 5.73 Å². The first-order valence-corrected chi connectivity index (χ1v) is 11.0. The molecular formula is C26H21F3N4O2. The molecule has 0 spiro atoms. The third kappa shape index (κ3) is 4.42. The first-order chi connectivity index (χ1) is 16.7. The lowest BCUT2D eigenvalue weighted by Crippen LogP contribution is -2.19. The summed E-state index contributed by atoms with van der Waals surface area (Å²) >= 11 is 0. The summed E-state index contributed by atoms with van der Waals surface area (Å²) in [5.74, 6) is -1.09. The van der Waals surface area contributed by atoms with Crippen molar-refractivity contribution < 1.29 is 23.1 Å². The van der Waals surface area contributed by atoms with Crippen molar-refractivity contribution in [2.75, 3.05) is 6.54 Å². The molecule has 1 saturated carbocycles. The van der Waals surface area contributed by atoms with Crippen LogP contribution in [0.15, 0.2) is 72.9 Å². The molecule has 0 atom stereocenters. The van der Waals surface area contributed by atoms with Gasteiger partial charge in [0.25, 0.3) is 0 Å². The fourth-order valence-corrected chi connectivity index (χ4v) is 4.16. The van der Waals surface area contributed by atoms with E-state index in [0.29, 0.717) is 29.1 Å². The lowest BCUT2D eigenvalue weighted by Gasteiger charge is -2.14. The van der Waals surface area contributed by atoms with Crippen molar-refractivity contribution in [2.24, 2.45) is 5.73 Å². The molecule has 3 N–H and O–H groups in total. The molecule has 0 saturated heterocycles. The Labute approximate surface area is 198 Å². The molecule has 4 aromatic rings. The number of aromatic nitrogens is 3. The standard InChI is InChI=1S/C26H21F3N4O2/c27-26(28,29)21-7-3-17(4-8-21)23-14-33(32-31-23)22-12-18(11-19(13-22)24(34)35)16-1-5-20(6-2-16)25(15-30)9-10-25/h1-8,11-14H,9-10,15,30H2,(H,34,35). The lowest BCUT2D eigenvalue weighted by atomic mass is 9.93. The molecule has 178 valence electrons. The summed E-state index contributed by atoms with van der Waals surface area (Å²) in [7, 11) is 0. The maximum atomic E-state index is 12.8. The average molecular weight is 478 g/mol. The number of carbonyl (C=O) groups is 1. The van der Waals surface area contributed by atoms with E-state index >= 15 is 0 Å². The molecule has 0 bridgehead atoms. The highest BCUT2D eigenvalue weighted by molar-refractivity contribution is 5.90. The van der Waals surface area contributed by atoms with Gasteiger partial charge in [0.1, 0.15) is 5.69 Å². The van der Waals surface area contributed by atoms with Gasteiger partial charge in [-0.1, -0.05) is 41.6 Å². The van der Waals surface area contributed by atoms with Crippen LogP contribution < -0.4 is 5.73 Å². The highest BCUT2D eigenvalue weighted by Crippen LogP contribution is 2.47. The van der Waals surface area contributed by atoms with Crippen molar-refractivity contribution in [3.63, 3.8) is 0 Å². The van der Waals surface area contributed by atoms with Gasteiger partial charge in [0, 0.05) is 17.5 Å². The summed E-state index contributed by atoms with van der Waals surface area (Å²) in [6, 6.07) is 17.4. The molecule has 35 heavy (non-hydrogen) atoms. The number of benzene rings is 3. The molecule has 1 aliphatic rings. The van der Waals surface area contributed by atoms with Gasteiger partial charge in [-0.2, -0.15) is 13.2 Å². The monoisotopic (exact) mass is 478 g/mol. The Bertz CT molecular complexity index is 1390. The van der Waals surface area contributed by atoms with Gasteiger partial charge in [-0.05, 0) is 59.9 Å². The van der Waals surface area contributed by atoms with Crippen LogP contribution in [0, 0.1) is 0 Å². The molecule has 0 aliphatic heterocycles. The summed E-state index contributed by atoms with van der Waals surface area (Å²) in [5, 5.41) is 17.8. The molecule has 3 aromatic carbocycles. The number of nitrogens with two attached hydrogens (primary N) is 1. The minimum absolute atomic E-state index is 0.0576. The molecule has 1 fully saturated rings. The Balaban J connectivity index is 1.48. The third-order valence-electron chi connectivity index (χ3n) is 6.51. The van der Waals surface area contributed by atoms with Gasteiger partial charge in [0.15, 0.2) is 0 Å². The van der Waals surface area contributed by atoms with Crippen LogP contribution in [-0.2, 0) is 11.6 Å². The van der Waals surface area contributed by atoms with Crippen molar-refractivity contribution in [3.8, 4) is 28.1 Å². The van der Waals surface area contributed by atoms with E-state index in [-0.39, 0.29) is 11.0 Å². The quantitative estimate of drug-likeness (QED) is 0.392. The van der Waals surface area contributed by atoms with Crippen LogP contribution in [-0.4, -0.2) is 32.6 Å². The minimum Gasteiger partial charge on any atom is -0.478 e. The summed E-state index contributed by atoms with van der Waals surface area (Å²) in [5.41, 5.74) is 9.31. The number of rotatable bonds is 6. The normalized spacial score (nSPS) is 14.6. The second kappa shape index (κ2) is 8.35. The Kier molecular flexibility index (Phi) is 5.44. The van der Waals surface area contributed by atoms with Crippen LogP contribution >= 0.6 is 0 Å². The van der Waals surface area contributed by atoms with Crippen molar-refractivity contribution >= 4 is 5.97 Å². The Hall–Kier alpha value is -3.98. The Morgan fingerprint density at radius 1 is 0.971 bits per heavy atom. The van der Waals surface area contributed by atoms with Crippen LogP contribution in [0.3, 0.4) is 0 Å². The van der Waals surface area contributed by atoms with Crippen molar-refractivity contribution in [2.45, 2.75) is 24.4 Å². The molecule has 9 heteroatoms. The number of hydrogen-bond donors (Lipinski definition) is 2. The fraction of sp³-hybridized carbons (Fsp3) is 0.192. The number of hydrogen-bond acceptors (Lipinski definition) is 4. The van der Waals surface area contributed by atoms with Crippen molar-refractivity contribution in [3.05, 3.63) is 89.6 Å². The fourth-order valence-electron chi connectivity index (χ4n) is 4.16. The van der Waals surface area contributed by atoms with Crippen LogP contribution in [0.2, 0.25) is 0 Å². The van der Waals surface area contributed by atoms with Gasteiger partial charge in [-0.15, -0.1) is 5.10 Å². The molecule has 1 aliphatic carbocycles. The second-order valence-corrected chi connectivity index (χ2v) is 8.76. The van der Waals surface area contributed by atoms with E-state index in [2.05, 4.69) is 10.3 Å². The zero-order valence-corrected chi connectivity index (χ0v) is 18.5. The van der Waals surface area contributed by atoms with Gasteiger partial charge < -0.3 is 10.8 Å². The van der Waals surface area contributed by atoms with E-state index < -0.39 is 17.7 Å². The molecule has 5 rings (SSSR count). The highest BCUT2D eigenvalue weighted by atomic mass is 19.4. The number of nitrogens with zero attached hydrogens (tertiary/aromatic N) is 3. The number of aromatic carboxylic acids is 1. The van der Waals surface area contributed by atoms with Gasteiger partial charge in [0.2, 0.25) is 0 Å². The van der Waals surface area contributed by atoms with Crippen molar-refractivity contribution in [1.29, 1.82) is 0 Å². The molecular weight excluding hydrogens is 457 g/mol. The zero-order valence-electron chi connectivity index (χ0n) is 18.5. The van der Waals surface area contributed by atoms with Crippen LogP contribution in [0.25, 0.3) is 28.1 Å². The highest BCUT2D eigenvalue weighted by Gasteiger charge is 2.42. The van der Waals surface area contributed by atoms with Gasteiger partial charge >= 0.3 is 12.1 Å². The van der Waals surface area contributed by atoms with E-state index in [9.17, 15) is 23.1 Å². The summed E-state index contributed by atoms with van der Waals surface area (Å²) in [4.78, 5) is 11.8. The largest absolute Gasteiger partial charge is 0.478 e. The van der Waals surface area contributed by atoms with E-state index in [1.807, 2.05) is 24.3 Å². The average Bonchev–Trinajstić information content (AvgIpc) is 3.51. The molecule has 0 amide bonds. The minimum atomic E-state index is -4.43. The van der Waals surface area contributed by atoms with E-state index in [0.717, 1.165) is 30.5 Å². The van der Waals surface area contributed by atoms with Crippen LogP contribution in [0.1, 0.15) is 34.3 Å². The van der Waals surface area contributed by atoms with E-state index in [1.54, 1.807) is 18.3 Å². The number of halogens is 3. The van der Waals surface area contributed by atoms with E-state index in [1.165, 1.54) is 28.4 Å². The summed E-state index contributed by atoms with van der Waals surface area (Å²) in [6.07, 6.45) is -0.746. The summed E-state index contributed by atoms with van der Waals surface area (Å²) < 4.78 is 39.9. The predicted molar refractivity (Wildman–Crippen MR) is 124 cm³/mol. The van der Waals surface area contributed by atoms with Gasteiger partial charge in [-0.25, -0.2) is 9.48 Å². The Morgan fingerprint density at radius 3 is 2.20 bits per heavy atom. The molecule has 0 unspecified atom stereocenters. The molecule has 1 aromatic heterocycles. The Morgan fingerprint density at radius 2 is 1.63 bits per heavy atom. The smallest absolute Gasteiger partial charge is 0.416 e. The number of carboxylic acids is 1. The predicted octanol–water partition coefficient (Wildman–Crippen LogP) is 5.31. The molecule has 0 radical (unpaired) electrons. The topological polar surface area (TPSA) is 94.0 Å².